The molecule has 0 radical (unpaired) electrons. The van der Waals surface area contributed by atoms with E-state index in [0.29, 0.717) is 34.1 Å². The Morgan fingerprint density at radius 1 is 1.19 bits per heavy atom. The Hall–Kier alpha value is -3.42. The maximum Gasteiger partial charge on any atom is 0.413 e. The van der Waals surface area contributed by atoms with E-state index in [-0.39, 0.29) is 5.56 Å². The van der Waals surface area contributed by atoms with Crippen molar-refractivity contribution in [2.45, 2.75) is 33.2 Å². The number of H-pyrrole nitrogens is 1. The molecule has 0 aliphatic carbocycles. The molecule has 0 aliphatic heterocycles. The molecule has 1 aromatic carbocycles. The fourth-order valence-electron chi connectivity index (χ4n) is 2.30. The molecular formula is C19H20N4O4. The molecule has 0 atom stereocenters. The van der Waals surface area contributed by atoms with Crippen LogP contribution in [0.5, 0.6) is 17.2 Å². The van der Waals surface area contributed by atoms with Crippen molar-refractivity contribution >= 4 is 17.3 Å². The number of hydrogen-bond donors (Lipinski definition) is 2. The highest BCUT2D eigenvalue weighted by molar-refractivity contribution is 5.77. The summed E-state index contributed by atoms with van der Waals surface area (Å²) in [6.07, 6.45) is 0.964. The molecule has 2 N–H and O–H groups in total. The van der Waals surface area contributed by atoms with Gasteiger partial charge < -0.3 is 19.8 Å². The second kappa shape index (κ2) is 7.06. The number of nitrogens with zero attached hydrogens (tertiary/aromatic N) is 2. The van der Waals surface area contributed by atoms with E-state index >= 15 is 0 Å². The molecule has 0 spiro atoms. The number of ether oxygens (including phenoxy) is 2. The van der Waals surface area contributed by atoms with Crippen molar-refractivity contribution in [2.24, 2.45) is 0 Å². The summed E-state index contributed by atoms with van der Waals surface area (Å²) in [4.78, 5) is 34.6. The second-order valence-corrected chi connectivity index (χ2v) is 7.00. The number of aromatic nitrogens is 3. The zero-order chi connectivity index (χ0) is 19.6. The number of carbonyl (C=O) groups is 1. The largest absolute Gasteiger partial charge is 0.455 e. The predicted molar refractivity (Wildman–Crippen MR) is 100 cm³/mol. The van der Waals surface area contributed by atoms with Crippen molar-refractivity contribution in [1.82, 2.24) is 20.3 Å². The Balaban J connectivity index is 1.85. The fraction of sp³-hybridized carbons (Fsp3) is 0.263. The maximum absolute atomic E-state index is 11.9. The third-order valence-electron chi connectivity index (χ3n) is 3.45. The summed E-state index contributed by atoms with van der Waals surface area (Å²) in [6.45, 7) is 7.20. The van der Waals surface area contributed by atoms with Crippen LogP contribution in [0.3, 0.4) is 0 Å². The Bertz CT molecular complexity index is 1050. The van der Waals surface area contributed by atoms with Gasteiger partial charge in [-0.05, 0) is 39.8 Å². The van der Waals surface area contributed by atoms with Gasteiger partial charge in [0.05, 0.1) is 0 Å². The topological polar surface area (TPSA) is 106 Å². The van der Waals surface area contributed by atoms with E-state index < -0.39 is 11.6 Å². The quantitative estimate of drug-likeness (QED) is 0.735. The summed E-state index contributed by atoms with van der Waals surface area (Å²) in [6, 6.07) is 8.32. The molecule has 0 bridgehead atoms. The number of pyridine rings is 1. The Morgan fingerprint density at radius 3 is 2.67 bits per heavy atom. The van der Waals surface area contributed by atoms with E-state index in [2.05, 4.69) is 20.3 Å². The van der Waals surface area contributed by atoms with Gasteiger partial charge in [-0.1, -0.05) is 6.07 Å². The van der Waals surface area contributed by atoms with Crippen LogP contribution in [0.4, 0.5) is 4.79 Å². The minimum absolute atomic E-state index is 0.299. The molecule has 27 heavy (non-hydrogen) atoms. The van der Waals surface area contributed by atoms with Gasteiger partial charge >= 0.3 is 6.09 Å². The van der Waals surface area contributed by atoms with Crippen LogP contribution in [0.25, 0.3) is 11.2 Å². The van der Waals surface area contributed by atoms with E-state index in [1.165, 1.54) is 6.20 Å². The lowest BCUT2D eigenvalue weighted by Gasteiger charge is -2.19. The van der Waals surface area contributed by atoms with E-state index in [9.17, 15) is 9.59 Å². The molecular weight excluding hydrogens is 348 g/mol. The van der Waals surface area contributed by atoms with Gasteiger partial charge in [0.1, 0.15) is 22.7 Å². The second-order valence-electron chi connectivity index (χ2n) is 7.00. The van der Waals surface area contributed by atoms with Crippen LogP contribution in [0, 0.1) is 6.92 Å². The molecule has 0 aliphatic rings. The van der Waals surface area contributed by atoms with Crippen LogP contribution in [-0.4, -0.2) is 26.6 Å². The SMILES string of the molecule is Cc1nc2c(Oc3cccc(OC(=O)NC(C)(C)C)c3)ccnc2[nH]c1=O. The number of nitrogens with one attached hydrogen (secondary N) is 2. The molecule has 8 heteroatoms. The first-order chi connectivity index (χ1) is 12.7. The number of aryl methyl sites for hydroxylation is 1. The number of hydrogen-bond acceptors (Lipinski definition) is 6. The van der Waals surface area contributed by atoms with Gasteiger partial charge in [-0.3, -0.25) is 4.79 Å². The molecule has 0 unspecified atom stereocenters. The van der Waals surface area contributed by atoms with Crippen LogP contribution in [-0.2, 0) is 0 Å². The van der Waals surface area contributed by atoms with Crippen molar-refractivity contribution in [1.29, 1.82) is 0 Å². The Morgan fingerprint density at radius 2 is 1.93 bits per heavy atom. The summed E-state index contributed by atoms with van der Waals surface area (Å²) in [5.41, 5.74) is 0.386. The minimum Gasteiger partial charge on any atom is -0.455 e. The average Bonchev–Trinajstić information content (AvgIpc) is 2.55. The number of aromatic amines is 1. The van der Waals surface area contributed by atoms with Gasteiger partial charge in [0.25, 0.3) is 5.56 Å². The molecule has 0 saturated heterocycles. The van der Waals surface area contributed by atoms with E-state index in [1.54, 1.807) is 37.3 Å². The lowest BCUT2D eigenvalue weighted by molar-refractivity contribution is 0.190. The predicted octanol–water partition coefficient (Wildman–Crippen LogP) is 3.31. The van der Waals surface area contributed by atoms with Crippen molar-refractivity contribution in [3.63, 3.8) is 0 Å². The van der Waals surface area contributed by atoms with E-state index in [4.69, 9.17) is 9.47 Å². The molecule has 1 amide bonds. The van der Waals surface area contributed by atoms with Gasteiger partial charge in [0.2, 0.25) is 0 Å². The van der Waals surface area contributed by atoms with Crippen LogP contribution in [0.15, 0.2) is 41.3 Å². The number of amides is 1. The summed E-state index contributed by atoms with van der Waals surface area (Å²) in [5.74, 6) is 1.22. The molecule has 0 fully saturated rings. The smallest absolute Gasteiger partial charge is 0.413 e. The van der Waals surface area contributed by atoms with Gasteiger partial charge in [-0.2, -0.15) is 0 Å². The van der Waals surface area contributed by atoms with Crippen molar-refractivity contribution in [3.8, 4) is 17.2 Å². The Kier molecular flexibility index (Phi) is 4.81. The summed E-state index contributed by atoms with van der Waals surface area (Å²) in [7, 11) is 0. The van der Waals surface area contributed by atoms with Crippen LogP contribution >= 0.6 is 0 Å². The Labute approximate surface area is 155 Å². The lowest BCUT2D eigenvalue weighted by Crippen LogP contribution is -2.42. The number of fused-ring (bicyclic) bond motifs is 1. The van der Waals surface area contributed by atoms with E-state index in [1.807, 2.05) is 20.8 Å². The third-order valence-corrected chi connectivity index (χ3v) is 3.45. The summed E-state index contributed by atoms with van der Waals surface area (Å²) in [5, 5.41) is 2.72. The average molecular weight is 368 g/mol. The minimum atomic E-state index is -0.552. The van der Waals surface area contributed by atoms with Gasteiger partial charge in [-0.25, -0.2) is 14.8 Å². The van der Waals surface area contributed by atoms with Crippen LogP contribution in [0.2, 0.25) is 0 Å². The van der Waals surface area contributed by atoms with Gasteiger partial charge in [0.15, 0.2) is 11.4 Å². The molecule has 2 aromatic heterocycles. The highest BCUT2D eigenvalue weighted by atomic mass is 16.6. The number of benzene rings is 1. The lowest BCUT2D eigenvalue weighted by atomic mass is 10.1. The fourth-order valence-corrected chi connectivity index (χ4v) is 2.30. The first-order valence-electron chi connectivity index (χ1n) is 8.35. The number of rotatable bonds is 3. The summed E-state index contributed by atoms with van der Waals surface area (Å²) < 4.78 is 11.2. The first kappa shape index (κ1) is 18.4. The molecule has 2 heterocycles. The maximum atomic E-state index is 11.9. The normalized spacial score (nSPS) is 11.3. The zero-order valence-corrected chi connectivity index (χ0v) is 15.5. The third kappa shape index (κ3) is 4.60. The first-order valence-corrected chi connectivity index (χ1v) is 8.35. The van der Waals surface area contributed by atoms with Crippen LogP contribution in [0.1, 0.15) is 26.5 Å². The van der Waals surface area contributed by atoms with Crippen molar-refractivity contribution in [3.05, 3.63) is 52.6 Å². The molecule has 3 aromatic rings. The van der Waals surface area contributed by atoms with Gasteiger partial charge in [0, 0.05) is 23.9 Å². The van der Waals surface area contributed by atoms with Crippen molar-refractivity contribution < 1.29 is 14.3 Å². The highest BCUT2D eigenvalue weighted by Crippen LogP contribution is 2.28. The molecule has 140 valence electrons. The zero-order valence-electron chi connectivity index (χ0n) is 15.5. The van der Waals surface area contributed by atoms with Gasteiger partial charge in [-0.15, -0.1) is 0 Å². The molecule has 3 rings (SSSR count). The highest BCUT2D eigenvalue weighted by Gasteiger charge is 2.16. The van der Waals surface area contributed by atoms with E-state index in [0.717, 1.165) is 0 Å². The summed E-state index contributed by atoms with van der Waals surface area (Å²) >= 11 is 0. The molecule has 8 nitrogen and oxygen atoms in total. The van der Waals surface area contributed by atoms with Crippen LogP contribution < -0.4 is 20.3 Å². The molecule has 0 saturated carbocycles. The number of carbonyl (C=O) groups excluding carboxylic acids is 1. The van der Waals surface area contributed by atoms with Crippen molar-refractivity contribution in [2.75, 3.05) is 0 Å². The standard InChI is InChI=1S/C19H20N4O4/c1-11-17(24)22-16-15(21-11)14(8-9-20-16)26-12-6-5-7-13(10-12)27-18(25)23-19(2,3)4/h5-10H,1-4H3,(H,23,25)(H,20,22,24). The monoisotopic (exact) mass is 368 g/mol.